The van der Waals surface area contributed by atoms with Gasteiger partial charge in [0.1, 0.15) is 0 Å². The lowest BCUT2D eigenvalue weighted by molar-refractivity contribution is -0.155. The number of rotatable bonds is 4. The molecule has 0 N–H and O–H groups in total. The Morgan fingerprint density at radius 3 is 3.08 bits per heavy atom. The molecule has 1 atom stereocenters. The van der Waals surface area contributed by atoms with Crippen molar-refractivity contribution in [1.82, 2.24) is 0 Å². The molecular weight excluding hydrogens is 164 g/mol. The predicted octanol–water partition coefficient (Wildman–Crippen LogP) is 2.66. The van der Waals surface area contributed by atoms with E-state index in [0.717, 1.165) is 18.6 Å². The zero-order valence-corrected chi connectivity index (χ0v) is 8.29. The van der Waals surface area contributed by atoms with Gasteiger partial charge in [-0.2, -0.15) is 0 Å². The average Bonchev–Trinajstić information content (AvgIpc) is 2.19. The highest BCUT2D eigenvalue weighted by molar-refractivity contribution is 5.12. The molecule has 0 aliphatic carbocycles. The number of hydrogen-bond donors (Lipinski definition) is 0. The molecule has 74 valence electrons. The number of hydrogen-bond acceptors (Lipinski definition) is 2. The summed E-state index contributed by atoms with van der Waals surface area (Å²) in [5.74, 6) is 0. The van der Waals surface area contributed by atoms with Crippen LogP contribution in [0.4, 0.5) is 0 Å². The first-order valence-corrected chi connectivity index (χ1v) is 4.85. The van der Waals surface area contributed by atoms with Crippen LogP contribution in [0.3, 0.4) is 0 Å². The van der Waals surface area contributed by atoms with Crippen LogP contribution in [0.25, 0.3) is 0 Å². The Balaban J connectivity index is 2.14. The van der Waals surface area contributed by atoms with E-state index in [0.29, 0.717) is 6.61 Å². The van der Waals surface area contributed by atoms with Gasteiger partial charge < -0.3 is 9.47 Å². The van der Waals surface area contributed by atoms with E-state index in [1.54, 1.807) is 0 Å². The fourth-order valence-corrected chi connectivity index (χ4v) is 1.21. The topological polar surface area (TPSA) is 18.5 Å². The molecule has 1 aliphatic heterocycles. The third-order valence-electron chi connectivity index (χ3n) is 2.15. The third-order valence-corrected chi connectivity index (χ3v) is 2.15. The lowest BCUT2D eigenvalue weighted by Gasteiger charge is -2.21. The van der Waals surface area contributed by atoms with E-state index >= 15 is 0 Å². The first kappa shape index (κ1) is 10.5. The van der Waals surface area contributed by atoms with Crippen molar-refractivity contribution in [3.8, 4) is 0 Å². The van der Waals surface area contributed by atoms with Gasteiger partial charge in [-0.1, -0.05) is 24.3 Å². The van der Waals surface area contributed by atoms with Gasteiger partial charge in [0.05, 0.1) is 6.61 Å². The number of ether oxygens (including phenoxy) is 2. The molecule has 1 heterocycles. The van der Waals surface area contributed by atoms with Gasteiger partial charge in [-0.05, 0) is 26.2 Å². The summed E-state index contributed by atoms with van der Waals surface area (Å²) in [4.78, 5) is 0. The van der Waals surface area contributed by atoms with Crippen molar-refractivity contribution >= 4 is 0 Å². The molecular formula is C11H18O2. The van der Waals surface area contributed by atoms with Gasteiger partial charge in [-0.15, -0.1) is 0 Å². The largest absolute Gasteiger partial charge is 0.353 e. The van der Waals surface area contributed by atoms with Gasteiger partial charge in [-0.3, -0.25) is 0 Å². The van der Waals surface area contributed by atoms with Gasteiger partial charge >= 0.3 is 0 Å². The van der Waals surface area contributed by atoms with E-state index in [9.17, 15) is 0 Å². The maximum Gasteiger partial charge on any atom is 0.157 e. The van der Waals surface area contributed by atoms with Crippen molar-refractivity contribution in [2.45, 2.75) is 32.5 Å². The lowest BCUT2D eigenvalue weighted by atomic mass is 10.2. The van der Waals surface area contributed by atoms with E-state index in [1.807, 2.05) is 19.1 Å². The molecule has 0 spiro atoms. The maximum atomic E-state index is 5.51. The quantitative estimate of drug-likeness (QED) is 0.622. The van der Waals surface area contributed by atoms with Gasteiger partial charge in [0.25, 0.3) is 0 Å². The fraction of sp³-hybridized carbons (Fsp3) is 0.636. The second-order valence-electron chi connectivity index (χ2n) is 3.28. The molecule has 0 aromatic rings. The van der Waals surface area contributed by atoms with Crippen LogP contribution in [0, 0.1) is 0 Å². The van der Waals surface area contributed by atoms with Crippen LogP contribution in [-0.4, -0.2) is 19.5 Å². The van der Waals surface area contributed by atoms with Gasteiger partial charge in [0.15, 0.2) is 6.29 Å². The van der Waals surface area contributed by atoms with Gasteiger partial charge in [0, 0.05) is 6.61 Å². The van der Waals surface area contributed by atoms with E-state index in [4.69, 9.17) is 9.47 Å². The molecule has 0 amide bonds. The van der Waals surface area contributed by atoms with Crippen molar-refractivity contribution in [1.29, 1.82) is 0 Å². The second-order valence-corrected chi connectivity index (χ2v) is 3.28. The summed E-state index contributed by atoms with van der Waals surface area (Å²) in [5.41, 5.74) is 1.15. The molecule has 0 aromatic carbocycles. The van der Waals surface area contributed by atoms with Crippen LogP contribution in [0.5, 0.6) is 0 Å². The van der Waals surface area contributed by atoms with Crippen LogP contribution in [0.15, 0.2) is 24.3 Å². The molecule has 2 nitrogen and oxygen atoms in total. The van der Waals surface area contributed by atoms with Crippen LogP contribution in [0.2, 0.25) is 0 Å². The molecule has 2 heteroatoms. The van der Waals surface area contributed by atoms with E-state index in [1.165, 1.54) is 12.8 Å². The summed E-state index contributed by atoms with van der Waals surface area (Å²) in [5, 5.41) is 0. The zero-order chi connectivity index (χ0) is 9.52. The number of allylic oxidation sites excluding steroid dienone is 2. The van der Waals surface area contributed by atoms with Crippen molar-refractivity contribution < 1.29 is 9.47 Å². The van der Waals surface area contributed by atoms with Crippen LogP contribution in [0.1, 0.15) is 26.2 Å². The van der Waals surface area contributed by atoms with Crippen molar-refractivity contribution in [2.75, 3.05) is 13.2 Å². The van der Waals surface area contributed by atoms with Crippen LogP contribution in [-0.2, 0) is 9.47 Å². The highest BCUT2D eigenvalue weighted by atomic mass is 16.7. The van der Waals surface area contributed by atoms with Crippen LogP contribution >= 0.6 is 0 Å². The molecule has 0 aromatic heterocycles. The smallest absolute Gasteiger partial charge is 0.157 e. The van der Waals surface area contributed by atoms with Gasteiger partial charge in [0.2, 0.25) is 0 Å². The molecule has 1 aliphatic rings. The first-order chi connectivity index (χ1) is 6.33. The van der Waals surface area contributed by atoms with Gasteiger partial charge in [-0.25, -0.2) is 0 Å². The highest BCUT2D eigenvalue weighted by Crippen LogP contribution is 2.13. The molecule has 0 saturated carbocycles. The molecule has 1 fully saturated rings. The monoisotopic (exact) mass is 182 g/mol. The Morgan fingerprint density at radius 2 is 2.46 bits per heavy atom. The maximum absolute atomic E-state index is 5.51. The Kier molecular flexibility index (Phi) is 4.79. The summed E-state index contributed by atoms with van der Waals surface area (Å²) >= 11 is 0. The van der Waals surface area contributed by atoms with E-state index in [-0.39, 0.29) is 6.29 Å². The second kappa shape index (κ2) is 5.95. The third kappa shape index (κ3) is 4.25. The standard InChI is InChI=1S/C11H18O2/c1-3-10(2)7-9-13-11-6-4-5-8-12-11/h3,7,11H,1,4-6,8-9H2,2H3. The molecule has 1 rings (SSSR count). The Labute approximate surface area is 80.2 Å². The normalized spacial score (nSPS) is 24.4. The SMILES string of the molecule is C=CC(C)=CCOC1CCCCO1. The Morgan fingerprint density at radius 1 is 1.62 bits per heavy atom. The van der Waals surface area contributed by atoms with E-state index in [2.05, 4.69) is 6.58 Å². The molecule has 1 unspecified atom stereocenters. The highest BCUT2D eigenvalue weighted by Gasteiger charge is 2.12. The summed E-state index contributed by atoms with van der Waals surface area (Å²) in [6.45, 7) is 7.15. The predicted molar refractivity (Wildman–Crippen MR) is 53.5 cm³/mol. The minimum absolute atomic E-state index is 0.0163. The summed E-state index contributed by atoms with van der Waals surface area (Å²) < 4.78 is 10.9. The van der Waals surface area contributed by atoms with Crippen LogP contribution < -0.4 is 0 Å². The minimum Gasteiger partial charge on any atom is -0.353 e. The molecule has 0 bridgehead atoms. The lowest BCUT2D eigenvalue weighted by Crippen LogP contribution is -2.22. The van der Waals surface area contributed by atoms with Crippen molar-refractivity contribution in [3.63, 3.8) is 0 Å². The Bertz CT molecular complexity index is 179. The van der Waals surface area contributed by atoms with Crippen molar-refractivity contribution in [2.24, 2.45) is 0 Å². The summed E-state index contributed by atoms with van der Waals surface area (Å²) in [6, 6.07) is 0. The first-order valence-electron chi connectivity index (χ1n) is 4.85. The van der Waals surface area contributed by atoms with Crippen molar-refractivity contribution in [3.05, 3.63) is 24.3 Å². The minimum atomic E-state index is 0.0163. The molecule has 0 radical (unpaired) electrons. The average molecular weight is 182 g/mol. The summed E-state index contributed by atoms with van der Waals surface area (Å²) in [6.07, 6.45) is 7.27. The Hall–Kier alpha value is -0.600. The summed E-state index contributed by atoms with van der Waals surface area (Å²) in [7, 11) is 0. The molecule has 1 saturated heterocycles. The fourth-order valence-electron chi connectivity index (χ4n) is 1.21. The van der Waals surface area contributed by atoms with E-state index < -0.39 is 0 Å². The zero-order valence-electron chi connectivity index (χ0n) is 8.29. The molecule has 13 heavy (non-hydrogen) atoms.